The van der Waals surface area contributed by atoms with E-state index in [1.165, 1.54) is 0 Å². The predicted octanol–water partition coefficient (Wildman–Crippen LogP) is 1.55. The molecule has 0 radical (unpaired) electrons. The topological polar surface area (TPSA) is 65.4 Å². The summed E-state index contributed by atoms with van der Waals surface area (Å²) in [6.45, 7) is 4.03. The maximum Gasteiger partial charge on any atom is 0.234 e. The van der Waals surface area contributed by atoms with Crippen LogP contribution in [-0.4, -0.2) is 37.6 Å². The van der Waals surface area contributed by atoms with E-state index in [4.69, 9.17) is 10.00 Å². The van der Waals surface area contributed by atoms with Gasteiger partial charge >= 0.3 is 0 Å². The Bertz CT molecular complexity index is 451. The summed E-state index contributed by atoms with van der Waals surface area (Å²) in [6.07, 6.45) is 0.342. The first-order valence-electron chi connectivity index (χ1n) is 6.69. The second-order valence-corrected chi connectivity index (χ2v) is 4.51. The molecular formula is C15H21N3O2. The van der Waals surface area contributed by atoms with Crippen LogP contribution >= 0.6 is 0 Å². The molecule has 0 aromatic heterocycles. The normalized spacial score (nSPS) is 10.1. The van der Waals surface area contributed by atoms with Crippen molar-refractivity contribution in [1.29, 1.82) is 5.26 Å². The Balaban J connectivity index is 2.36. The van der Waals surface area contributed by atoms with Crippen molar-refractivity contribution in [2.24, 2.45) is 0 Å². The number of benzene rings is 1. The molecule has 108 valence electrons. The first-order valence-corrected chi connectivity index (χ1v) is 6.69. The molecule has 0 bridgehead atoms. The van der Waals surface area contributed by atoms with E-state index in [1.807, 2.05) is 49.2 Å². The smallest absolute Gasteiger partial charge is 0.234 e. The van der Waals surface area contributed by atoms with Crippen LogP contribution in [0.5, 0.6) is 5.75 Å². The minimum absolute atomic E-state index is 0.0614. The molecule has 0 spiro atoms. The molecule has 5 nitrogen and oxygen atoms in total. The number of rotatable bonds is 8. The van der Waals surface area contributed by atoms with Crippen LogP contribution in [0.1, 0.15) is 18.9 Å². The lowest BCUT2D eigenvalue weighted by molar-refractivity contribution is -0.122. The van der Waals surface area contributed by atoms with E-state index < -0.39 is 0 Å². The number of nitriles is 1. The molecule has 0 unspecified atom stereocenters. The van der Waals surface area contributed by atoms with Gasteiger partial charge < -0.3 is 10.1 Å². The number of carbonyl (C=O) groups is 1. The zero-order valence-electron chi connectivity index (χ0n) is 12.1. The Morgan fingerprint density at radius 2 is 2.10 bits per heavy atom. The molecule has 0 fully saturated rings. The highest BCUT2D eigenvalue weighted by molar-refractivity contribution is 5.77. The minimum Gasteiger partial charge on any atom is -0.494 e. The van der Waals surface area contributed by atoms with Gasteiger partial charge in [-0.3, -0.25) is 9.69 Å². The van der Waals surface area contributed by atoms with E-state index >= 15 is 0 Å². The molecule has 1 N–H and O–H groups in total. The van der Waals surface area contributed by atoms with Crippen molar-refractivity contribution in [3.8, 4) is 11.8 Å². The largest absolute Gasteiger partial charge is 0.494 e. The third-order valence-electron chi connectivity index (χ3n) is 2.66. The van der Waals surface area contributed by atoms with Crippen LogP contribution in [0.2, 0.25) is 0 Å². The van der Waals surface area contributed by atoms with E-state index in [-0.39, 0.29) is 5.91 Å². The summed E-state index contributed by atoms with van der Waals surface area (Å²) >= 11 is 0. The van der Waals surface area contributed by atoms with Gasteiger partial charge in [-0.25, -0.2) is 0 Å². The number of nitrogens with one attached hydrogen (secondary N) is 1. The minimum atomic E-state index is -0.0614. The maximum atomic E-state index is 11.6. The molecule has 0 aliphatic rings. The Kier molecular flexibility index (Phi) is 7.15. The van der Waals surface area contributed by atoms with E-state index in [1.54, 1.807) is 0 Å². The van der Waals surface area contributed by atoms with Crippen LogP contribution < -0.4 is 10.1 Å². The average Bonchev–Trinajstić information content (AvgIpc) is 2.41. The van der Waals surface area contributed by atoms with Gasteiger partial charge in [-0.2, -0.15) is 5.26 Å². The molecule has 0 aliphatic heterocycles. The highest BCUT2D eigenvalue weighted by Gasteiger charge is 2.06. The van der Waals surface area contributed by atoms with Gasteiger partial charge in [-0.1, -0.05) is 12.1 Å². The third-order valence-corrected chi connectivity index (χ3v) is 2.66. The number of hydrogen-bond acceptors (Lipinski definition) is 4. The van der Waals surface area contributed by atoms with Gasteiger partial charge in [0.25, 0.3) is 0 Å². The van der Waals surface area contributed by atoms with E-state index in [2.05, 4.69) is 5.32 Å². The molecule has 5 heteroatoms. The molecular weight excluding hydrogens is 254 g/mol. The number of likely N-dealkylation sites (N-methyl/N-ethyl adjacent to an activating group) is 1. The molecule has 1 aromatic rings. The van der Waals surface area contributed by atoms with Gasteiger partial charge in [0.2, 0.25) is 5.91 Å². The van der Waals surface area contributed by atoms with Crippen LogP contribution in [-0.2, 0) is 11.3 Å². The fraction of sp³-hybridized carbons (Fsp3) is 0.467. The van der Waals surface area contributed by atoms with Gasteiger partial charge in [-0.15, -0.1) is 0 Å². The molecule has 0 saturated heterocycles. The summed E-state index contributed by atoms with van der Waals surface area (Å²) in [7, 11) is 1.89. The lowest BCUT2D eigenvalue weighted by Gasteiger charge is -2.16. The summed E-state index contributed by atoms with van der Waals surface area (Å²) in [6, 6.07) is 9.84. The van der Waals surface area contributed by atoms with Crippen molar-refractivity contribution >= 4 is 5.91 Å². The molecule has 0 saturated carbocycles. The monoisotopic (exact) mass is 275 g/mol. The molecule has 1 rings (SSSR count). The standard InChI is InChI=1S/C15H21N3O2/c1-3-20-14-7-5-13(6-8-14)11-18(2)12-15(19)17-10-4-9-16/h5-8H,3-4,10-12H2,1-2H3,(H,17,19). The summed E-state index contributed by atoms with van der Waals surface area (Å²) < 4.78 is 5.38. The molecule has 1 aromatic carbocycles. The summed E-state index contributed by atoms with van der Waals surface area (Å²) in [5, 5.41) is 11.1. The lowest BCUT2D eigenvalue weighted by atomic mass is 10.2. The van der Waals surface area contributed by atoms with Crippen molar-refractivity contribution < 1.29 is 9.53 Å². The van der Waals surface area contributed by atoms with Gasteiger partial charge in [0.1, 0.15) is 5.75 Å². The number of amides is 1. The second kappa shape index (κ2) is 8.94. The van der Waals surface area contributed by atoms with Crippen LogP contribution in [0.25, 0.3) is 0 Å². The quantitative estimate of drug-likeness (QED) is 0.731. The summed E-state index contributed by atoms with van der Waals surface area (Å²) in [4.78, 5) is 13.5. The van der Waals surface area contributed by atoms with Crippen LogP contribution in [0.4, 0.5) is 0 Å². The van der Waals surface area contributed by atoms with Crippen LogP contribution in [0, 0.1) is 11.3 Å². The molecule has 1 amide bonds. The summed E-state index contributed by atoms with van der Waals surface area (Å²) in [5.74, 6) is 0.793. The van der Waals surface area contributed by atoms with E-state index in [0.717, 1.165) is 11.3 Å². The van der Waals surface area contributed by atoms with Crippen molar-refractivity contribution in [2.75, 3.05) is 26.7 Å². The summed E-state index contributed by atoms with van der Waals surface area (Å²) in [5.41, 5.74) is 1.13. The molecule has 20 heavy (non-hydrogen) atoms. The highest BCUT2D eigenvalue weighted by atomic mass is 16.5. The maximum absolute atomic E-state index is 11.6. The SMILES string of the molecule is CCOc1ccc(CN(C)CC(=O)NCCC#N)cc1. The molecule has 0 heterocycles. The lowest BCUT2D eigenvalue weighted by Crippen LogP contribution is -2.35. The molecule has 0 atom stereocenters. The first kappa shape index (κ1) is 16.0. The highest BCUT2D eigenvalue weighted by Crippen LogP contribution is 2.13. The van der Waals surface area contributed by atoms with E-state index in [0.29, 0.717) is 32.7 Å². The number of nitrogens with zero attached hydrogens (tertiary/aromatic N) is 2. The van der Waals surface area contributed by atoms with Crippen molar-refractivity contribution in [2.45, 2.75) is 19.9 Å². The predicted molar refractivity (Wildman–Crippen MR) is 77.2 cm³/mol. The Hall–Kier alpha value is -2.06. The Morgan fingerprint density at radius 1 is 1.40 bits per heavy atom. The van der Waals surface area contributed by atoms with Crippen LogP contribution in [0.15, 0.2) is 24.3 Å². The Labute approximate surface area is 120 Å². The second-order valence-electron chi connectivity index (χ2n) is 4.51. The average molecular weight is 275 g/mol. The first-order chi connectivity index (χ1) is 9.65. The zero-order chi connectivity index (χ0) is 14.8. The third kappa shape index (κ3) is 6.21. The van der Waals surface area contributed by atoms with Crippen molar-refractivity contribution in [3.05, 3.63) is 29.8 Å². The van der Waals surface area contributed by atoms with Gasteiger partial charge in [0.15, 0.2) is 0 Å². The number of hydrogen-bond donors (Lipinski definition) is 1. The zero-order valence-corrected chi connectivity index (χ0v) is 12.1. The fourth-order valence-corrected chi connectivity index (χ4v) is 1.78. The number of carbonyl (C=O) groups excluding carboxylic acids is 1. The fourth-order valence-electron chi connectivity index (χ4n) is 1.78. The van der Waals surface area contributed by atoms with Gasteiger partial charge in [-0.05, 0) is 31.7 Å². The van der Waals surface area contributed by atoms with Gasteiger partial charge in [0.05, 0.1) is 25.6 Å². The van der Waals surface area contributed by atoms with Crippen LogP contribution in [0.3, 0.4) is 0 Å². The number of ether oxygens (including phenoxy) is 1. The van der Waals surface area contributed by atoms with Gasteiger partial charge in [0, 0.05) is 13.1 Å². The van der Waals surface area contributed by atoms with Crippen molar-refractivity contribution in [3.63, 3.8) is 0 Å². The Morgan fingerprint density at radius 3 is 2.70 bits per heavy atom. The molecule has 0 aliphatic carbocycles. The van der Waals surface area contributed by atoms with E-state index in [9.17, 15) is 4.79 Å². The van der Waals surface area contributed by atoms with Crippen molar-refractivity contribution in [1.82, 2.24) is 10.2 Å².